The SMILES string of the molecule is O=C(OCc1ccccc1)C1=C(O)C(=O)N(C2CCCCC2)C1. The lowest BCUT2D eigenvalue weighted by molar-refractivity contribution is -0.140. The van der Waals surface area contributed by atoms with Gasteiger partial charge in [0.1, 0.15) is 12.2 Å². The second kappa shape index (κ2) is 6.86. The summed E-state index contributed by atoms with van der Waals surface area (Å²) in [6.45, 7) is 0.289. The topological polar surface area (TPSA) is 66.8 Å². The number of hydrogen-bond acceptors (Lipinski definition) is 4. The van der Waals surface area contributed by atoms with Crippen molar-refractivity contribution >= 4 is 11.9 Å². The Hall–Kier alpha value is -2.30. The molecule has 1 saturated carbocycles. The predicted octanol–water partition coefficient (Wildman–Crippen LogP) is 2.72. The van der Waals surface area contributed by atoms with Crippen LogP contribution in [-0.4, -0.2) is 34.5 Å². The molecule has 0 unspecified atom stereocenters. The van der Waals surface area contributed by atoms with Gasteiger partial charge in [0.05, 0.1) is 6.54 Å². The van der Waals surface area contributed by atoms with Crippen molar-refractivity contribution < 1.29 is 19.4 Å². The van der Waals surface area contributed by atoms with Gasteiger partial charge in [-0.1, -0.05) is 49.6 Å². The van der Waals surface area contributed by atoms with Crippen molar-refractivity contribution in [3.63, 3.8) is 0 Å². The van der Waals surface area contributed by atoms with Crippen LogP contribution in [0.5, 0.6) is 0 Å². The average Bonchev–Trinajstić information content (AvgIpc) is 2.90. The second-order valence-electron chi connectivity index (χ2n) is 6.11. The molecule has 1 fully saturated rings. The Bertz CT molecular complexity index is 617. The maximum Gasteiger partial charge on any atom is 0.340 e. The molecule has 2 aliphatic rings. The first-order chi connectivity index (χ1) is 11.2. The minimum atomic E-state index is -0.613. The Balaban J connectivity index is 1.62. The normalized spacial score (nSPS) is 19.3. The molecular formula is C18H21NO4. The molecule has 0 radical (unpaired) electrons. The Labute approximate surface area is 135 Å². The second-order valence-corrected chi connectivity index (χ2v) is 6.11. The van der Waals surface area contributed by atoms with Crippen LogP contribution in [0, 0.1) is 0 Å². The fourth-order valence-corrected chi connectivity index (χ4v) is 3.24. The van der Waals surface area contributed by atoms with Gasteiger partial charge in [-0.25, -0.2) is 4.79 Å². The fraction of sp³-hybridized carbons (Fsp3) is 0.444. The van der Waals surface area contributed by atoms with Gasteiger partial charge in [0.2, 0.25) is 0 Å². The minimum absolute atomic E-state index is 0.0801. The summed E-state index contributed by atoms with van der Waals surface area (Å²) in [5, 5.41) is 10.0. The molecule has 0 atom stereocenters. The van der Waals surface area contributed by atoms with E-state index < -0.39 is 17.6 Å². The smallest absolute Gasteiger partial charge is 0.340 e. The summed E-state index contributed by atoms with van der Waals surface area (Å²) in [6, 6.07) is 9.45. The van der Waals surface area contributed by atoms with Gasteiger partial charge in [-0.3, -0.25) is 4.79 Å². The highest BCUT2D eigenvalue weighted by Crippen LogP contribution is 2.28. The number of ether oxygens (including phenoxy) is 1. The number of carbonyl (C=O) groups excluding carboxylic acids is 2. The van der Waals surface area contributed by atoms with E-state index in [9.17, 15) is 14.7 Å². The molecule has 122 valence electrons. The molecular weight excluding hydrogens is 294 g/mol. The molecule has 1 aromatic rings. The zero-order valence-electron chi connectivity index (χ0n) is 13.0. The molecule has 1 heterocycles. The van der Waals surface area contributed by atoms with Crippen LogP contribution < -0.4 is 0 Å². The lowest BCUT2D eigenvalue weighted by Crippen LogP contribution is -2.39. The van der Waals surface area contributed by atoms with Gasteiger partial charge in [-0.2, -0.15) is 0 Å². The van der Waals surface area contributed by atoms with E-state index in [1.54, 1.807) is 4.90 Å². The predicted molar refractivity (Wildman–Crippen MR) is 84.5 cm³/mol. The summed E-state index contributed by atoms with van der Waals surface area (Å²) in [4.78, 5) is 26.0. The zero-order chi connectivity index (χ0) is 16.2. The van der Waals surface area contributed by atoms with E-state index in [1.807, 2.05) is 30.3 Å². The number of hydrogen-bond donors (Lipinski definition) is 1. The third kappa shape index (κ3) is 3.38. The fourth-order valence-electron chi connectivity index (χ4n) is 3.24. The molecule has 1 aliphatic heterocycles. The quantitative estimate of drug-likeness (QED) is 0.868. The molecule has 0 bridgehead atoms. The number of aliphatic hydroxyl groups is 1. The first kappa shape index (κ1) is 15.6. The molecule has 5 nitrogen and oxygen atoms in total. The molecule has 1 aliphatic carbocycles. The number of amides is 1. The standard InChI is InChI=1S/C18H21NO4/c20-16-15(18(22)23-12-13-7-3-1-4-8-13)11-19(17(16)21)14-9-5-2-6-10-14/h1,3-4,7-8,14,20H,2,5-6,9-12H2. The van der Waals surface area contributed by atoms with E-state index in [0.717, 1.165) is 31.2 Å². The Morgan fingerprint density at radius 3 is 2.57 bits per heavy atom. The zero-order valence-corrected chi connectivity index (χ0v) is 13.0. The lowest BCUT2D eigenvalue weighted by Gasteiger charge is -2.30. The molecule has 23 heavy (non-hydrogen) atoms. The van der Waals surface area contributed by atoms with Crippen molar-refractivity contribution in [1.82, 2.24) is 4.90 Å². The number of nitrogens with zero attached hydrogens (tertiary/aromatic N) is 1. The van der Waals surface area contributed by atoms with Crippen molar-refractivity contribution in [3.8, 4) is 0 Å². The van der Waals surface area contributed by atoms with Crippen molar-refractivity contribution in [2.45, 2.75) is 44.8 Å². The maximum atomic E-state index is 12.2. The monoisotopic (exact) mass is 315 g/mol. The van der Waals surface area contributed by atoms with E-state index in [4.69, 9.17) is 4.74 Å². The Morgan fingerprint density at radius 2 is 1.87 bits per heavy atom. The van der Waals surface area contributed by atoms with Crippen LogP contribution in [-0.2, 0) is 20.9 Å². The van der Waals surface area contributed by atoms with Gasteiger partial charge in [0, 0.05) is 6.04 Å². The van der Waals surface area contributed by atoms with Crippen LogP contribution in [0.25, 0.3) is 0 Å². The molecule has 1 aromatic carbocycles. The van der Waals surface area contributed by atoms with Crippen LogP contribution in [0.3, 0.4) is 0 Å². The number of carbonyl (C=O) groups is 2. The van der Waals surface area contributed by atoms with E-state index >= 15 is 0 Å². The lowest BCUT2D eigenvalue weighted by atomic mass is 9.94. The highest BCUT2D eigenvalue weighted by atomic mass is 16.5. The van der Waals surface area contributed by atoms with Crippen LogP contribution >= 0.6 is 0 Å². The summed E-state index contributed by atoms with van der Waals surface area (Å²) in [5.41, 5.74) is 0.950. The number of esters is 1. The summed E-state index contributed by atoms with van der Waals surface area (Å²) < 4.78 is 5.23. The minimum Gasteiger partial charge on any atom is -0.503 e. The van der Waals surface area contributed by atoms with E-state index in [1.165, 1.54) is 6.42 Å². The summed E-state index contributed by atoms with van der Waals surface area (Å²) in [6.07, 6.45) is 5.23. The van der Waals surface area contributed by atoms with E-state index in [0.29, 0.717) is 0 Å². The number of benzene rings is 1. The van der Waals surface area contributed by atoms with Gasteiger partial charge >= 0.3 is 5.97 Å². The van der Waals surface area contributed by atoms with Crippen molar-refractivity contribution in [3.05, 3.63) is 47.2 Å². The molecule has 5 heteroatoms. The Morgan fingerprint density at radius 1 is 1.17 bits per heavy atom. The highest BCUT2D eigenvalue weighted by Gasteiger charge is 2.38. The van der Waals surface area contributed by atoms with Crippen LogP contribution in [0.1, 0.15) is 37.7 Å². The van der Waals surface area contributed by atoms with Gasteiger partial charge in [0.15, 0.2) is 5.76 Å². The largest absolute Gasteiger partial charge is 0.503 e. The number of rotatable bonds is 4. The highest BCUT2D eigenvalue weighted by molar-refractivity contribution is 6.05. The van der Waals surface area contributed by atoms with Crippen LogP contribution in [0.4, 0.5) is 0 Å². The third-order valence-corrected chi connectivity index (χ3v) is 4.55. The first-order valence-electron chi connectivity index (χ1n) is 8.11. The van der Waals surface area contributed by atoms with Crippen molar-refractivity contribution in [2.24, 2.45) is 0 Å². The van der Waals surface area contributed by atoms with Gasteiger partial charge in [-0.15, -0.1) is 0 Å². The molecule has 1 N–H and O–H groups in total. The third-order valence-electron chi connectivity index (χ3n) is 4.55. The van der Waals surface area contributed by atoms with Gasteiger partial charge < -0.3 is 14.7 Å². The molecule has 3 rings (SSSR count). The van der Waals surface area contributed by atoms with Crippen molar-refractivity contribution in [2.75, 3.05) is 6.54 Å². The van der Waals surface area contributed by atoms with E-state index in [2.05, 4.69) is 0 Å². The molecule has 0 spiro atoms. The summed E-state index contributed by atoms with van der Waals surface area (Å²) in [7, 11) is 0. The molecule has 1 amide bonds. The Kier molecular flexibility index (Phi) is 4.65. The van der Waals surface area contributed by atoms with E-state index in [-0.39, 0.29) is 24.8 Å². The van der Waals surface area contributed by atoms with Gasteiger partial charge in [-0.05, 0) is 18.4 Å². The average molecular weight is 315 g/mol. The molecule has 0 saturated heterocycles. The van der Waals surface area contributed by atoms with Crippen LogP contribution in [0.15, 0.2) is 41.7 Å². The number of aliphatic hydroxyl groups excluding tert-OH is 1. The van der Waals surface area contributed by atoms with Crippen molar-refractivity contribution in [1.29, 1.82) is 0 Å². The first-order valence-corrected chi connectivity index (χ1v) is 8.11. The summed E-state index contributed by atoms with van der Waals surface area (Å²) >= 11 is 0. The summed E-state index contributed by atoms with van der Waals surface area (Å²) in [5.74, 6) is -1.50. The van der Waals surface area contributed by atoms with Gasteiger partial charge in [0.25, 0.3) is 5.91 Å². The maximum absolute atomic E-state index is 12.2. The van der Waals surface area contributed by atoms with Crippen LogP contribution in [0.2, 0.25) is 0 Å². The molecule has 0 aromatic heterocycles.